The van der Waals surface area contributed by atoms with Gasteiger partial charge in [-0.2, -0.15) is 0 Å². The van der Waals surface area contributed by atoms with E-state index in [-0.39, 0.29) is 0 Å². The Labute approximate surface area is 352 Å². The van der Waals surface area contributed by atoms with Gasteiger partial charge in [0.15, 0.2) is 0 Å². The van der Waals surface area contributed by atoms with Gasteiger partial charge in [-0.15, -0.1) is 0 Å². The normalized spacial score (nSPS) is 11.6. The van der Waals surface area contributed by atoms with Gasteiger partial charge in [-0.25, -0.2) is 0 Å². The number of fused-ring (bicyclic) bond motifs is 6. The number of rotatable bonds is 6. The average molecular weight is 777 g/mol. The first-order valence-electron chi connectivity index (χ1n) is 20.7. The minimum atomic E-state index is 0.991. The van der Waals surface area contributed by atoms with Crippen LogP contribution >= 0.6 is 0 Å². The molecule has 4 heterocycles. The molecule has 284 valence electrons. The van der Waals surface area contributed by atoms with Gasteiger partial charge in [0.05, 0.1) is 28.1 Å². The Morgan fingerprint density at radius 3 is 0.984 bits per heavy atom. The van der Waals surface area contributed by atoms with E-state index in [0.717, 1.165) is 77.8 Å². The lowest BCUT2D eigenvalue weighted by Gasteiger charge is -2.11. The fraction of sp³-hybridized carbons (Fsp3) is 0. The fourth-order valence-electron chi connectivity index (χ4n) is 9.12. The molecule has 0 aliphatic carbocycles. The maximum absolute atomic E-state index is 4.80. The third-order valence-corrected chi connectivity index (χ3v) is 12.2. The lowest BCUT2D eigenvalue weighted by atomic mass is 9.97. The Balaban J connectivity index is 0.973. The van der Waals surface area contributed by atoms with Crippen LogP contribution in [0.3, 0.4) is 0 Å². The highest BCUT2D eigenvalue weighted by Gasteiger charge is 2.16. The highest BCUT2D eigenvalue weighted by Crippen LogP contribution is 2.39. The second kappa shape index (κ2) is 14.3. The zero-order chi connectivity index (χ0) is 40.3. The molecular weight excluding hydrogens is 741 g/mol. The van der Waals surface area contributed by atoms with E-state index in [1.54, 1.807) is 0 Å². The third-order valence-electron chi connectivity index (χ3n) is 12.2. The van der Waals surface area contributed by atoms with Crippen molar-refractivity contribution in [2.75, 3.05) is 0 Å². The Morgan fingerprint density at radius 2 is 0.590 bits per heavy atom. The van der Waals surface area contributed by atoms with Crippen molar-refractivity contribution in [3.05, 3.63) is 219 Å². The summed E-state index contributed by atoms with van der Waals surface area (Å²) in [7, 11) is 0. The van der Waals surface area contributed by atoms with E-state index >= 15 is 0 Å². The predicted octanol–water partition coefficient (Wildman–Crippen LogP) is 14.8. The molecule has 4 heteroatoms. The first-order valence-corrected chi connectivity index (χ1v) is 20.7. The van der Waals surface area contributed by atoms with Crippen LogP contribution in [0.4, 0.5) is 0 Å². The van der Waals surface area contributed by atoms with E-state index in [2.05, 4.69) is 205 Å². The maximum atomic E-state index is 4.80. The van der Waals surface area contributed by atoms with E-state index in [9.17, 15) is 0 Å². The molecule has 4 nitrogen and oxygen atoms in total. The van der Waals surface area contributed by atoms with Gasteiger partial charge in [0, 0.05) is 67.9 Å². The van der Waals surface area contributed by atoms with E-state index in [0.29, 0.717) is 0 Å². The lowest BCUT2D eigenvalue weighted by molar-refractivity contribution is 1.18. The highest BCUT2D eigenvalue weighted by atomic mass is 15.0. The Morgan fingerprint density at radius 1 is 0.262 bits per heavy atom. The van der Waals surface area contributed by atoms with Gasteiger partial charge in [-0.05, 0) is 93.0 Å². The van der Waals surface area contributed by atoms with Crippen molar-refractivity contribution in [3.8, 4) is 61.7 Å². The number of aromatic nitrogens is 4. The summed E-state index contributed by atoms with van der Waals surface area (Å²) in [5.41, 5.74) is 14.3. The number of pyridine rings is 3. The van der Waals surface area contributed by atoms with E-state index in [1.807, 2.05) is 18.6 Å². The van der Waals surface area contributed by atoms with Crippen molar-refractivity contribution < 1.29 is 0 Å². The zero-order valence-electron chi connectivity index (χ0n) is 33.1. The largest absolute Gasteiger partial charge is 0.309 e. The molecule has 0 saturated heterocycles. The molecule has 0 aliphatic heterocycles. The molecule has 12 aromatic rings. The molecule has 0 saturated carbocycles. The van der Waals surface area contributed by atoms with Crippen LogP contribution in [-0.2, 0) is 0 Å². The first-order chi connectivity index (χ1) is 30.2. The second-order valence-electron chi connectivity index (χ2n) is 15.6. The molecule has 0 spiro atoms. The summed E-state index contributed by atoms with van der Waals surface area (Å²) in [5, 5.41) is 9.43. The van der Waals surface area contributed by atoms with Gasteiger partial charge >= 0.3 is 0 Å². The Bertz CT molecular complexity index is 3430. The van der Waals surface area contributed by atoms with Crippen LogP contribution in [-0.4, -0.2) is 19.5 Å². The van der Waals surface area contributed by atoms with Crippen molar-refractivity contribution in [2.24, 2.45) is 0 Å². The standard InChI is InChI=1S/C57H36N4/c1-4-10-48-39(7-1)29-32-58-55(48)42-17-13-37(14-18-42)45-23-27-53-51(35-45)52-36-46(38-15-19-43(20-16-38)56-49-11-5-2-8-40(49)30-33-59-56)24-28-54(52)61(53)47-25-21-44(22-26-47)57-50-12-6-3-9-41(50)31-34-60-57/h1-36H. The van der Waals surface area contributed by atoms with Crippen LogP contribution in [0.25, 0.3) is 116 Å². The number of hydrogen-bond donors (Lipinski definition) is 0. The molecule has 0 radical (unpaired) electrons. The molecule has 0 atom stereocenters. The average Bonchev–Trinajstić information content (AvgIpc) is 3.66. The van der Waals surface area contributed by atoms with Crippen LogP contribution in [0.15, 0.2) is 219 Å². The molecule has 4 aromatic heterocycles. The SMILES string of the molecule is c1ccc2c(-c3ccc(-c4ccc5c(c4)c4cc(-c6ccc(-c7nccc8ccccc78)cc6)ccc4n5-c4ccc(-c5nccc6ccccc56)cc4)cc3)nccc2c1. The topological polar surface area (TPSA) is 43.6 Å². The van der Waals surface area contributed by atoms with Crippen molar-refractivity contribution in [1.29, 1.82) is 0 Å². The maximum Gasteiger partial charge on any atom is 0.0780 e. The summed E-state index contributed by atoms with van der Waals surface area (Å²) in [6, 6.07) is 71.8. The van der Waals surface area contributed by atoms with Gasteiger partial charge in [0.1, 0.15) is 0 Å². The molecular formula is C57H36N4. The van der Waals surface area contributed by atoms with Crippen LogP contribution in [0.5, 0.6) is 0 Å². The molecule has 0 N–H and O–H groups in total. The van der Waals surface area contributed by atoms with E-state index in [1.165, 1.54) is 38.1 Å². The third kappa shape index (κ3) is 5.96. The zero-order valence-corrected chi connectivity index (χ0v) is 33.1. The Kier molecular flexibility index (Phi) is 8.13. The summed E-state index contributed by atoms with van der Waals surface area (Å²) in [4.78, 5) is 14.4. The fourth-order valence-corrected chi connectivity index (χ4v) is 9.12. The summed E-state index contributed by atoms with van der Waals surface area (Å²) in [6.45, 7) is 0. The number of benzene rings is 8. The summed E-state index contributed by atoms with van der Waals surface area (Å²) in [5.74, 6) is 0. The highest BCUT2D eigenvalue weighted by molar-refractivity contribution is 6.12. The first kappa shape index (κ1) is 34.8. The van der Waals surface area contributed by atoms with Gasteiger partial charge in [-0.1, -0.05) is 146 Å². The minimum Gasteiger partial charge on any atom is -0.309 e. The minimum absolute atomic E-state index is 0.991. The molecule has 0 unspecified atom stereocenters. The summed E-state index contributed by atoms with van der Waals surface area (Å²) < 4.78 is 2.39. The molecule has 61 heavy (non-hydrogen) atoms. The van der Waals surface area contributed by atoms with Gasteiger partial charge in [0.2, 0.25) is 0 Å². The van der Waals surface area contributed by atoms with E-state index < -0.39 is 0 Å². The number of nitrogens with zero attached hydrogens (tertiary/aromatic N) is 4. The lowest BCUT2D eigenvalue weighted by Crippen LogP contribution is -1.94. The van der Waals surface area contributed by atoms with Gasteiger partial charge in [-0.3, -0.25) is 15.0 Å². The monoisotopic (exact) mass is 776 g/mol. The quantitative estimate of drug-likeness (QED) is 0.169. The van der Waals surface area contributed by atoms with Crippen LogP contribution in [0, 0.1) is 0 Å². The van der Waals surface area contributed by atoms with Crippen LogP contribution in [0.1, 0.15) is 0 Å². The number of hydrogen-bond acceptors (Lipinski definition) is 3. The smallest absolute Gasteiger partial charge is 0.0780 e. The molecule has 12 rings (SSSR count). The molecule has 0 aliphatic rings. The molecule has 0 fully saturated rings. The van der Waals surface area contributed by atoms with Crippen molar-refractivity contribution in [1.82, 2.24) is 19.5 Å². The Hall–Kier alpha value is -8.21. The van der Waals surface area contributed by atoms with E-state index in [4.69, 9.17) is 15.0 Å². The van der Waals surface area contributed by atoms with Crippen molar-refractivity contribution in [3.63, 3.8) is 0 Å². The van der Waals surface area contributed by atoms with Crippen LogP contribution < -0.4 is 0 Å². The molecule has 0 bridgehead atoms. The molecule has 8 aromatic carbocycles. The molecule has 0 amide bonds. The summed E-state index contributed by atoms with van der Waals surface area (Å²) >= 11 is 0. The summed E-state index contributed by atoms with van der Waals surface area (Å²) in [6.07, 6.45) is 5.69. The van der Waals surface area contributed by atoms with Gasteiger partial charge < -0.3 is 4.57 Å². The predicted molar refractivity (Wildman–Crippen MR) is 254 cm³/mol. The van der Waals surface area contributed by atoms with Crippen molar-refractivity contribution >= 4 is 54.1 Å². The van der Waals surface area contributed by atoms with Crippen LogP contribution in [0.2, 0.25) is 0 Å². The van der Waals surface area contributed by atoms with Crippen molar-refractivity contribution in [2.45, 2.75) is 0 Å². The van der Waals surface area contributed by atoms with Gasteiger partial charge in [0.25, 0.3) is 0 Å². The second-order valence-corrected chi connectivity index (χ2v) is 15.6.